The molecule has 28 valence electrons. The van der Waals surface area contributed by atoms with Gasteiger partial charge in [0, 0.05) is 0 Å². The summed E-state index contributed by atoms with van der Waals surface area (Å²) in [5.74, 6) is 0. The molecule has 0 aromatic carbocycles. The van der Waals surface area contributed by atoms with Gasteiger partial charge in [-0.05, 0) is 0 Å². The second-order valence-corrected chi connectivity index (χ2v) is 2.01. The molecule has 0 aliphatic heterocycles. The van der Waals surface area contributed by atoms with E-state index in [1.54, 1.807) is 0 Å². The molecule has 0 aromatic rings. The van der Waals surface area contributed by atoms with Crippen LogP contribution < -0.4 is 0 Å². The van der Waals surface area contributed by atoms with Crippen LogP contribution in [0.1, 0.15) is 0 Å². The summed E-state index contributed by atoms with van der Waals surface area (Å²) in [4.78, 5) is 0. The third kappa shape index (κ3) is 26.6. The summed E-state index contributed by atoms with van der Waals surface area (Å²) < 4.78 is 17.8. The van der Waals surface area contributed by atoms with E-state index in [1.807, 2.05) is 0 Å². The Hall–Kier alpha value is 1.73. The van der Waals surface area contributed by atoms with Gasteiger partial charge in [0.05, 0.1) is 0 Å². The van der Waals surface area contributed by atoms with E-state index in [0.29, 0.717) is 0 Å². The maximum atomic E-state index is 8.88. The molecule has 0 spiro atoms. The Bertz CT molecular complexity index is 58.0. The van der Waals surface area contributed by atoms with Gasteiger partial charge in [0.2, 0.25) is 0 Å². The summed E-state index contributed by atoms with van der Waals surface area (Å²) in [5.41, 5.74) is 0. The normalized spacial score (nSPS) is 5.00. The molecule has 0 atom stereocenters. The SMILES string of the molecule is [CaH2].[O]=[V](=[O])[Cl]. The van der Waals surface area contributed by atoms with E-state index >= 15 is 0 Å². The van der Waals surface area contributed by atoms with Crippen molar-refractivity contribution in [3.05, 3.63) is 0 Å². The maximum absolute atomic E-state index is 8.88. The minimum absolute atomic E-state index is 0. The Balaban J connectivity index is 0. The van der Waals surface area contributed by atoms with Gasteiger partial charge in [0.15, 0.2) is 0 Å². The summed E-state index contributed by atoms with van der Waals surface area (Å²) >= 11 is -3.22. The molecule has 0 N–H and O–H groups in total. The van der Waals surface area contributed by atoms with Gasteiger partial charge in [-0.25, -0.2) is 0 Å². The molecule has 0 amide bonds. The molecule has 0 unspecified atom stereocenters. The second-order valence-electron chi connectivity index (χ2n) is 0.213. The molecule has 0 aromatic heterocycles. The van der Waals surface area contributed by atoms with Crippen LogP contribution in [0.2, 0.25) is 0 Å². The van der Waals surface area contributed by atoms with Crippen LogP contribution in [0.4, 0.5) is 0 Å². The van der Waals surface area contributed by atoms with Crippen molar-refractivity contribution >= 4 is 47.6 Å². The van der Waals surface area contributed by atoms with Crippen LogP contribution in [0.15, 0.2) is 0 Å². The van der Waals surface area contributed by atoms with Crippen molar-refractivity contribution in [2.24, 2.45) is 0 Å². The van der Waals surface area contributed by atoms with E-state index in [0.717, 1.165) is 0 Å². The Morgan fingerprint density at radius 1 is 1.40 bits per heavy atom. The molecule has 2 nitrogen and oxygen atoms in total. The molecular formula is H2CaClO2V. The van der Waals surface area contributed by atoms with Crippen LogP contribution in [0.3, 0.4) is 0 Å². The molecule has 0 fully saturated rings. The second kappa shape index (κ2) is 5.73. The fraction of sp³-hybridized carbons (Fsp3) is 0. The zero-order valence-electron chi connectivity index (χ0n) is 1.64. The molecule has 0 radical (unpaired) electrons. The van der Waals surface area contributed by atoms with E-state index in [-0.39, 0.29) is 37.7 Å². The van der Waals surface area contributed by atoms with Crippen LogP contribution in [-0.2, 0) is 21.4 Å². The fourth-order valence-electron chi connectivity index (χ4n) is 0. The van der Waals surface area contributed by atoms with E-state index in [4.69, 9.17) is 7.35 Å². The van der Waals surface area contributed by atoms with Crippen molar-refractivity contribution in [2.45, 2.75) is 0 Å². The summed E-state index contributed by atoms with van der Waals surface area (Å²) in [6, 6.07) is 0. The Morgan fingerprint density at radius 3 is 1.40 bits per heavy atom. The number of hydrogen-bond donors (Lipinski definition) is 0. The van der Waals surface area contributed by atoms with Crippen molar-refractivity contribution in [2.75, 3.05) is 0 Å². The average Bonchev–Trinajstić information content (AvgIpc) is 0.811. The van der Waals surface area contributed by atoms with Gasteiger partial charge in [-0.15, -0.1) is 0 Å². The fourth-order valence-corrected chi connectivity index (χ4v) is 0. The van der Waals surface area contributed by atoms with Crippen LogP contribution in [0.25, 0.3) is 0 Å². The van der Waals surface area contributed by atoms with E-state index < -0.39 is 14.1 Å². The summed E-state index contributed by atoms with van der Waals surface area (Å²) in [5, 5.41) is 0. The van der Waals surface area contributed by atoms with Gasteiger partial charge in [0.25, 0.3) is 0 Å². The average molecular weight is 160 g/mol. The number of halogens is 1. The molecule has 0 saturated carbocycles. The molecule has 0 rings (SSSR count). The third-order valence-corrected chi connectivity index (χ3v) is 0. The minimum atomic E-state index is -3.22. The first-order chi connectivity index (χ1) is 1.73. The molecule has 0 heterocycles. The van der Waals surface area contributed by atoms with Gasteiger partial charge in [0.1, 0.15) is 0 Å². The Morgan fingerprint density at radius 2 is 1.40 bits per heavy atom. The molecule has 0 bridgehead atoms. The zero-order valence-corrected chi connectivity index (χ0v) is 3.79. The molecule has 5 heavy (non-hydrogen) atoms. The van der Waals surface area contributed by atoms with Crippen molar-refractivity contribution in [3.8, 4) is 0 Å². The molecule has 0 aliphatic carbocycles. The van der Waals surface area contributed by atoms with Crippen LogP contribution in [0, 0.1) is 0 Å². The van der Waals surface area contributed by atoms with E-state index in [9.17, 15) is 0 Å². The van der Waals surface area contributed by atoms with E-state index in [2.05, 4.69) is 9.85 Å². The quantitative estimate of drug-likeness (QED) is 0.449. The molecule has 0 aliphatic rings. The number of rotatable bonds is 0. The molecular weight excluding hydrogens is 158 g/mol. The van der Waals surface area contributed by atoms with Crippen molar-refractivity contribution < 1.29 is 21.4 Å². The topological polar surface area (TPSA) is 34.1 Å². The van der Waals surface area contributed by atoms with Crippen molar-refractivity contribution in [1.29, 1.82) is 0 Å². The van der Waals surface area contributed by atoms with Crippen LogP contribution >= 0.6 is 9.85 Å². The van der Waals surface area contributed by atoms with Gasteiger partial charge >= 0.3 is 69.0 Å². The van der Waals surface area contributed by atoms with Crippen LogP contribution in [0.5, 0.6) is 0 Å². The van der Waals surface area contributed by atoms with E-state index in [1.165, 1.54) is 0 Å². The predicted octanol–water partition coefficient (Wildman–Crippen LogP) is -0.467. The zero-order chi connectivity index (χ0) is 3.58. The first kappa shape index (κ1) is 9.88. The summed E-state index contributed by atoms with van der Waals surface area (Å²) in [7, 11) is 4.31. The van der Waals surface area contributed by atoms with Gasteiger partial charge in [-0.1, -0.05) is 0 Å². The number of hydrogen-bond acceptors (Lipinski definition) is 2. The Labute approximate surface area is 68.0 Å². The first-order valence-electron chi connectivity index (χ1n) is 0.534. The monoisotopic (exact) mass is 160 g/mol. The van der Waals surface area contributed by atoms with Crippen molar-refractivity contribution in [3.63, 3.8) is 0 Å². The predicted molar refractivity (Wildman–Crippen MR) is 15.8 cm³/mol. The summed E-state index contributed by atoms with van der Waals surface area (Å²) in [6.45, 7) is 0. The van der Waals surface area contributed by atoms with Gasteiger partial charge < -0.3 is 0 Å². The van der Waals surface area contributed by atoms with Crippen LogP contribution in [-0.4, -0.2) is 37.7 Å². The molecule has 0 saturated heterocycles. The molecule has 5 heteroatoms. The van der Waals surface area contributed by atoms with Crippen molar-refractivity contribution in [1.82, 2.24) is 0 Å². The summed E-state index contributed by atoms with van der Waals surface area (Å²) in [6.07, 6.45) is 0. The first-order valence-corrected chi connectivity index (χ1v) is 3.60. The van der Waals surface area contributed by atoms with Gasteiger partial charge in [-0.2, -0.15) is 0 Å². The third-order valence-electron chi connectivity index (χ3n) is 0. The van der Waals surface area contributed by atoms with Gasteiger partial charge in [-0.3, -0.25) is 0 Å². The standard InChI is InChI=1S/Ca.ClH.2O.V.2H/h;1H;;;;;/q;;;;+1;;/p-1. The Kier molecular flexibility index (Phi) is 11.3.